The second-order valence-corrected chi connectivity index (χ2v) is 15.7. The number of hydrogen-bond acceptors (Lipinski definition) is 17. The highest BCUT2D eigenvalue weighted by molar-refractivity contribution is 6.31. The van der Waals surface area contributed by atoms with E-state index in [9.17, 15) is 49.5 Å². The summed E-state index contributed by atoms with van der Waals surface area (Å²) >= 11 is 0. The number of amides is 3. The molecule has 2 aliphatic carbocycles. The third-order valence-corrected chi connectivity index (χ3v) is 12.1. The fourth-order valence-corrected chi connectivity index (χ4v) is 8.93. The van der Waals surface area contributed by atoms with E-state index in [1.54, 1.807) is 6.92 Å². The van der Waals surface area contributed by atoms with E-state index in [0.29, 0.717) is 24.6 Å². The topological polar surface area (TPSA) is 264 Å². The first-order valence-corrected chi connectivity index (χ1v) is 19.9. The third kappa shape index (κ3) is 7.57. The van der Waals surface area contributed by atoms with E-state index in [4.69, 9.17) is 23.7 Å². The molecule has 2 fully saturated rings. The van der Waals surface area contributed by atoms with Gasteiger partial charge in [-0.15, -0.1) is 0 Å². The van der Waals surface area contributed by atoms with Gasteiger partial charge in [0.05, 0.1) is 66.7 Å². The second kappa shape index (κ2) is 17.0. The van der Waals surface area contributed by atoms with Crippen LogP contribution in [-0.4, -0.2) is 142 Å². The highest BCUT2D eigenvalue weighted by atomic mass is 19.1. The molecular formula is C43H43FN4O15. The fourth-order valence-electron chi connectivity index (χ4n) is 8.93. The van der Waals surface area contributed by atoms with Crippen LogP contribution in [0.15, 0.2) is 53.7 Å². The van der Waals surface area contributed by atoms with Crippen LogP contribution in [0.2, 0.25) is 0 Å². The lowest BCUT2D eigenvalue weighted by Gasteiger charge is -2.47. The molecule has 332 valence electrons. The number of ketones is 2. The molecule has 8 rings (SSSR count). The summed E-state index contributed by atoms with van der Waals surface area (Å²) in [7, 11) is 2.79. The summed E-state index contributed by atoms with van der Waals surface area (Å²) in [5, 5.41) is 62.4. The minimum atomic E-state index is -2.33. The van der Waals surface area contributed by atoms with Crippen LogP contribution in [-0.2, 0) is 35.0 Å². The van der Waals surface area contributed by atoms with Gasteiger partial charge >= 0.3 is 0 Å². The summed E-state index contributed by atoms with van der Waals surface area (Å²) in [6, 6.07) is 6.65. The van der Waals surface area contributed by atoms with E-state index in [0.717, 1.165) is 30.4 Å². The molecule has 19 nitrogen and oxygen atoms in total. The SMILES string of the molecule is COc1cccc2c1C(=O)c1c(O)c3c(c(O)c1C2=O)C[C@@](O)(/C(CO)=N/NC(=O)c1ccc(N2C(=O)C=CC2=O)c(F)c1)C[C@@H]3O[C@H]1CC(N2CCO[C@H](OC)C2)[C@H](O)[C@H](C)O1. The molecule has 3 aliphatic heterocycles. The van der Waals surface area contributed by atoms with Crippen molar-refractivity contribution in [1.29, 1.82) is 0 Å². The highest BCUT2D eigenvalue weighted by Gasteiger charge is 2.50. The number of methoxy groups -OCH3 is 2. The van der Waals surface area contributed by atoms with Gasteiger partial charge in [-0.1, -0.05) is 12.1 Å². The van der Waals surface area contributed by atoms with Gasteiger partial charge in [0.25, 0.3) is 17.7 Å². The maximum Gasteiger partial charge on any atom is 0.271 e. The zero-order chi connectivity index (χ0) is 45.1. The van der Waals surface area contributed by atoms with Gasteiger partial charge in [0, 0.05) is 79.9 Å². The Morgan fingerprint density at radius 3 is 2.43 bits per heavy atom. The predicted molar refractivity (Wildman–Crippen MR) is 214 cm³/mol. The number of carbonyl (C=O) groups excluding carboxylic acids is 5. The molecule has 1 unspecified atom stereocenters. The van der Waals surface area contributed by atoms with Crippen LogP contribution in [0, 0.1) is 5.82 Å². The first-order valence-electron chi connectivity index (χ1n) is 19.9. The van der Waals surface area contributed by atoms with Gasteiger partial charge in [-0.3, -0.25) is 28.9 Å². The summed E-state index contributed by atoms with van der Waals surface area (Å²) in [5.74, 6) is -6.81. The molecular weight excluding hydrogens is 831 g/mol. The first-order chi connectivity index (χ1) is 30.1. The largest absolute Gasteiger partial charge is 0.507 e. The Balaban J connectivity index is 1.16. The Morgan fingerprint density at radius 2 is 1.75 bits per heavy atom. The number of nitrogens with one attached hydrogen (secondary N) is 1. The van der Waals surface area contributed by atoms with Gasteiger partial charge in [-0.05, 0) is 31.2 Å². The number of aliphatic hydroxyl groups is 3. The number of ether oxygens (including phenoxy) is 5. The zero-order valence-corrected chi connectivity index (χ0v) is 34.1. The Kier molecular flexibility index (Phi) is 11.8. The molecule has 0 saturated carbocycles. The van der Waals surface area contributed by atoms with Crippen molar-refractivity contribution in [2.24, 2.45) is 5.10 Å². The Labute approximate surface area is 357 Å². The number of phenolic OH excluding ortho intramolecular Hbond substituents is 2. The van der Waals surface area contributed by atoms with E-state index in [-0.39, 0.29) is 40.0 Å². The van der Waals surface area contributed by atoms with Crippen molar-refractivity contribution in [1.82, 2.24) is 10.3 Å². The lowest BCUT2D eigenvalue weighted by Crippen LogP contribution is -2.59. The quantitative estimate of drug-likeness (QED) is 0.0565. The lowest BCUT2D eigenvalue weighted by molar-refractivity contribution is -0.265. The number of phenols is 2. The van der Waals surface area contributed by atoms with Crippen molar-refractivity contribution in [2.75, 3.05) is 45.4 Å². The number of carbonyl (C=O) groups is 5. The molecule has 0 aromatic heterocycles. The lowest BCUT2D eigenvalue weighted by atomic mass is 9.71. The third-order valence-electron chi connectivity index (χ3n) is 12.1. The highest BCUT2D eigenvalue weighted by Crippen LogP contribution is 2.53. The number of halogens is 1. The first kappa shape index (κ1) is 43.7. The van der Waals surface area contributed by atoms with Gasteiger partial charge in [0.2, 0.25) is 5.78 Å². The molecule has 3 aromatic rings. The summed E-state index contributed by atoms with van der Waals surface area (Å²) in [6.07, 6.45) is -4.27. The number of anilines is 1. The standard InChI is InChI=1S/C43H43FN4O15/c1-19-37(52)25(47-11-12-61-32(17-47)60-3)14-31(62-19)63-27-16-43(58,28(18-49)45-46-42(57)20-7-8-24(23(44)13-20)48-29(50)9-10-30(48)51)15-22-34(27)41(56)36-35(39(22)54)38(53)21-5-4-6-26(59-2)33(21)40(36)55/h4-10,13,19,25,27,31-32,37,49,52,54,56,58H,11-12,14-18H2,1-3H3,(H,46,57)/b45-28+/t19-,25?,27-,31-,32-,37+,43-/m0/s1. The molecule has 5 aliphatic rings. The van der Waals surface area contributed by atoms with Gasteiger partial charge in [-0.2, -0.15) is 5.10 Å². The van der Waals surface area contributed by atoms with Crippen LogP contribution in [0.4, 0.5) is 10.1 Å². The normalized spacial score (nSPS) is 27.3. The van der Waals surface area contributed by atoms with Crippen LogP contribution in [0.25, 0.3) is 0 Å². The Bertz CT molecular complexity index is 2480. The number of rotatable bonds is 10. The maximum absolute atomic E-state index is 15.2. The minimum absolute atomic E-state index is 0.0365. The van der Waals surface area contributed by atoms with Gasteiger partial charge < -0.3 is 49.2 Å². The van der Waals surface area contributed by atoms with Crippen molar-refractivity contribution in [3.8, 4) is 17.2 Å². The molecule has 63 heavy (non-hydrogen) atoms. The summed E-state index contributed by atoms with van der Waals surface area (Å²) in [6.45, 7) is 1.66. The van der Waals surface area contributed by atoms with Crippen LogP contribution in [0.3, 0.4) is 0 Å². The van der Waals surface area contributed by atoms with Crippen molar-refractivity contribution in [3.63, 3.8) is 0 Å². The van der Waals surface area contributed by atoms with Crippen LogP contribution in [0.1, 0.15) is 79.2 Å². The van der Waals surface area contributed by atoms with Crippen molar-refractivity contribution in [3.05, 3.63) is 93.3 Å². The number of nitrogens with zero attached hydrogens (tertiary/aromatic N) is 3. The van der Waals surface area contributed by atoms with Crippen molar-refractivity contribution in [2.45, 2.75) is 68.7 Å². The molecule has 0 bridgehead atoms. The number of imide groups is 1. The number of benzene rings is 3. The number of aromatic hydroxyl groups is 2. The van der Waals surface area contributed by atoms with E-state index >= 15 is 4.39 Å². The number of fused-ring (bicyclic) bond motifs is 3. The molecule has 2 saturated heterocycles. The van der Waals surface area contributed by atoms with Gasteiger partial charge in [0.1, 0.15) is 28.7 Å². The molecule has 7 atom stereocenters. The van der Waals surface area contributed by atoms with Crippen molar-refractivity contribution < 1.29 is 77.6 Å². The Hall–Kier alpha value is -5.97. The molecule has 6 N–H and O–H groups in total. The fraction of sp³-hybridized carbons (Fsp3) is 0.395. The zero-order valence-electron chi connectivity index (χ0n) is 34.1. The smallest absolute Gasteiger partial charge is 0.271 e. The monoisotopic (exact) mass is 874 g/mol. The molecule has 3 aromatic carbocycles. The average Bonchev–Trinajstić information content (AvgIpc) is 3.60. The van der Waals surface area contributed by atoms with Gasteiger partial charge in [-0.25, -0.2) is 14.7 Å². The number of morpholine rings is 1. The second-order valence-electron chi connectivity index (χ2n) is 15.7. The maximum atomic E-state index is 15.2. The predicted octanol–water partition coefficient (Wildman–Crippen LogP) is 1.13. The molecule has 0 radical (unpaired) electrons. The van der Waals surface area contributed by atoms with E-state index < -0.39 is 131 Å². The van der Waals surface area contributed by atoms with E-state index in [1.807, 2.05) is 4.90 Å². The molecule has 0 spiro atoms. The summed E-state index contributed by atoms with van der Waals surface area (Å²) in [4.78, 5) is 68.3. The van der Waals surface area contributed by atoms with Crippen LogP contribution in [0.5, 0.6) is 17.2 Å². The number of hydrogen-bond donors (Lipinski definition) is 6. The molecule has 20 heteroatoms. The van der Waals surface area contributed by atoms with Crippen molar-refractivity contribution >= 4 is 40.7 Å². The molecule has 3 heterocycles. The number of hydrazone groups is 1. The number of aliphatic hydroxyl groups excluding tert-OH is 2. The van der Waals surface area contributed by atoms with Gasteiger partial charge in [0.15, 0.2) is 18.4 Å². The van der Waals surface area contributed by atoms with Crippen LogP contribution < -0.4 is 15.1 Å². The van der Waals surface area contributed by atoms with Crippen LogP contribution >= 0.6 is 0 Å². The Morgan fingerprint density at radius 1 is 1.02 bits per heavy atom. The minimum Gasteiger partial charge on any atom is -0.507 e. The summed E-state index contributed by atoms with van der Waals surface area (Å²) in [5.41, 5.74) is -3.16. The molecule has 3 amide bonds. The summed E-state index contributed by atoms with van der Waals surface area (Å²) < 4.78 is 44.2. The average molecular weight is 875 g/mol. The van der Waals surface area contributed by atoms with E-state index in [2.05, 4.69) is 10.5 Å². The van der Waals surface area contributed by atoms with E-state index in [1.165, 1.54) is 32.4 Å².